The molecule has 0 fully saturated rings. The van der Waals surface area contributed by atoms with Crippen LogP contribution in [0.15, 0.2) is 47.5 Å². The minimum Gasteiger partial charge on any atom is -0.306 e. The summed E-state index contributed by atoms with van der Waals surface area (Å²) in [6.45, 7) is 2.92. The van der Waals surface area contributed by atoms with Crippen molar-refractivity contribution < 1.29 is 0 Å². The Morgan fingerprint density at radius 2 is 2.06 bits per heavy atom. The molecule has 0 spiro atoms. The van der Waals surface area contributed by atoms with Crippen LogP contribution < -0.4 is 5.32 Å². The largest absolute Gasteiger partial charge is 0.306 e. The topological polar surface area (TPSA) is 37.8 Å². The maximum absolute atomic E-state index is 3.99. The molecule has 0 aliphatic carbocycles. The van der Waals surface area contributed by atoms with Crippen LogP contribution in [-0.4, -0.2) is 9.97 Å². The number of benzene rings is 1. The number of nitrogens with zero attached hydrogens (tertiary/aromatic N) is 2. The molecular weight excluding hydrogens is 278 g/mol. The molecule has 2 rings (SSSR count). The summed E-state index contributed by atoms with van der Waals surface area (Å²) in [5.41, 5.74) is 2.35. The van der Waals surface area contributed by atoms with Crippen LogP contribution in [0.2, 0.25) is 0 Å². The van der Waals surface area contributed by atoms with E-state index in [4.69, 9.17) is 0 Å². The van der Waals surface area contributed by atoms with E-state index in [0.29, 0.717) is 6.04 Å². The smallest absolute Gasteiger partial charge is 0.115 e. The van der Waals surface area contributed by atoms with Crippen LogP contribution in [0.4, 0.5) is 0 Å². The molecule has 0 aliphatic rings. The maximum atomic E-state index is 3.99. The summed E-state index contributed by atoms with van der Waals surface area (Å²) in [5, 5.41) is 3.44. The van der Waals surface area contributed by atoms with Crippen molar-refractivity contribution in [3.63, 3.8) is 0 Å². The van der Waals surface area contributed by atoms with Gasteiger partial charge in [-0.2, -0.15) is 0 Å². The molecule has 0 aliphatic heterocycles. The zero-order valence-corrected chi connectivity index (χ0v) is 11.2. The number of hydrogen-bond donors (Lipinski definition) is 1. The summed E-state index contributed by atoms with van der Waals surface area (Å²) >= 11 is 3.48. The van der Waals surface area contributed by atoms with Gasteiger partial charge in [0.05, 0.1) is 0 Å². The van der Waals surface area contributed by atoms with Crippen LogP contribution in [-0.2, 0) is 6.54 Å². The molecule has 0 unspecified atom stereocenters. The maximum Gasteiger partial charge on any atom is 0.115 e. The minimum atomic E-state index is 0.299. The van der Waals surface area contributed by atoms with Crippen molar-refractivity contribution in [2.45, 2.75) is 19.5 Å². The number of hydrogen-bond acceptors (Lipinski definition) is 3. The third-order valence-corrected chi connectivity index (χ3v) is 3.07. The molecule has 1 aromatic carbocycles. The first kappa shape index (κ1) is 12.2. The lowest BCUT2D eigenvalue weighted by Crippen LogP contribution is -2.18. The van der Waals surface area contributed by atoms with Crippen molar-refractivity contribution in [1.82, 2.24) is 15.3 Å². The first-order valence-corrected chi connectivity index (χ1v) is 6.28. The second kappa shape index (κ2) is 5.89. The zero-order valence-electron chi connectivity index (χ0n) is 9.60. The quantitative estimate of drug-likeness (QED) is 0.941. The van der Waals surface area contributed by atoms with E-state index in [9.17, 15) is 0 Å². The van der Waals surface area contributed by atoms with E-state index in [1.165, 1.54) is 5.56 Å². The number of aromatic nitrogens is 2. The number of rotatable bonds is 4. The van der Waals surface area contributed by atoms with Crippen LogP contribution in [0.3, 0.4) is 0 Å². The first-order chi connectivity index (χ1) is 8.25. The molecule has 4 heteroatoms. The van der Waals surface area contributed by atoms with Crippen LogP contribution in [0.25, 0.3) is 0 Å². The average Bonchev–Trinajstić information content (AvgIpc) is 2.37. The van der Waals surface area contributed by atoms with Gasteiger partial charge in [0.15, 0.2) is 0 Å². The van der Waals surface area contributed by atoms with Crippen LogP contribution >= 0.6 is 15.9 Å². The molecule has 88 valence electrons. The van der Waals surface area contributed by atoms with Crippen molar-refractivity contribution in [2.75, 3.05) is 0 Å². The second-order valence-electron chi connectivity index (χ2n) is 3.90. The Morgan fingerprint density at radius 3 is 2.76 bits per heavy atom. The minimum absolute atomic E-state index is 0.299. The van der Waals surface area contributed by atoms with Gasteiger partial charge >= 0.3 is 0 Å². The Hall–Kier alpha value is -1.26. The Balaban J connectivity index is 1.96. The SMILES string of the molecule is C[C@H](NCc1cncnc1)c1cccc(Br)c1. The van der Waals surface area contributed by atoms with Crippen molar-refractivity contribution in [3.05, 3.63) is 58.6 Å². The summed E-state index contributed by atoms with van der Waals surface area (Å²) in [6.07, 6.45) is 5.20. The fraction of sp³-hybridized carbons (Fsp3) is 0.231. The fourth-order valence-corrected chi connectivity index (χ4v) is 2.00. The first-order valence-electron chi connectivity index (χ1n) is 5.48. The van der Waals surface area contributed by atoms with E-state index in [0.717, 1.165) is 16.6 Å². The Labute approximate surface area is 109 Å². The summed E-state index contributed by atoms with van der Waals surface area (Å²) in [4.78, 5) is 7.98. The zero-order chi connectivity index (χ0) is 12.1. The summed E-state index contributed by atoms with van der Waals surface area (Å²) in [7, 11) is 0. The predicted molar refractivity (Wildman–Crippen MR) is 71.4 cm³/mol. The van der Waals surface area contributed by atoms with E-state index in [2.05, 4.69) is 50.3 Å². The van der Waals surface area contributed by atoms with Gasteiger partial charge < -0.3 is 5.32 Å². The van der Waals surface area contributed by atoms with Gasteiger partial charge in [0.25, 0.3) is 0 Å². The molecule has 0 saturated carbocycles. The van der Waals surface area contributed by atoms with E-state index in [1.807, 2.05) is 24.5 Å². The van der Waals surface area contributed by atoms with Crippen molar-refractivity contribution in [2.24, 2.45) is 0 Å². The standard InChI is InChI=1S/C13H14BrN3/c1-10(12-3-2-4-13(14)5-12)17-8-11-6-15-9-16-7-11/h2-7,9-10,17H,8H2,1H3/t10-/m0/s1. The molecule has 17 heavy (non-hydrogen) atoms. The third kappa shape index (κ3) is 3.61. The van der Waals surface area contributed by atoms with Gasteiger partial charge in [-0.3, -0.25) is 0 Å². The molecule has 0 radical (unpaired) electrons. The molecule has 1 N–H and O–H groups in total. The van der Waals surface area contributed by atoms with Gasteiger partial charge in [-0.25, -0.2) is 9.97 Å². The molecule has 1 atom stereocenters. The normalized spacial score (nSPS) is 12.4. The third-order valence-electron chi connectivity index (χ3n) is 2.58. The van der Waals surface area contributed by atoms with E-state index in [-0.39, 0.29) is 0 Å². The monoisotopic (exact) mass is 291 g/mol. The predicted octanol–water partition coefficient (Wildman–Crippen LogP) is 3.09. The molecule has 0 amide bonds. The van der Waals surface area contributed by atoms with Crippen molar-refractivity contribution in [3.8, 4) is 0 Å². The van der Waals surface area contributed by atoms with Gasteiger partial charge in [-0.05, 0) is 24.6 Å². The summed E-state index contributed by atoms with van der Waals surface area (Å²) in [5.74, 6) is 0. The van der Waals surface area contributed by atoms with Gasteiger partial charge in [0.1, 0.15) is 6.33 Å². The van der Waals surface area contributed by atoms with Gasteiger partial charge in [-0.1, -0.05) is 28.1 Å². The highest BCUT2D eigenvalue weighted by molar-refractivity contribution is 9.10. The Kier molecular flexibility index (Phi) is 4.23. The lowest BCUT2D eigenvalue weighted by Gasteiger charge is -2.14. The van der Waals surface area contributed by atoms with Crippen LogP contribution in [0.1, 0.15) is 24.1 Å². The van der Waals surface area contributed by atoms with Crippen molar-refractivity contribution >= 4 is 15.9 Å². The average molecular weight is 292 g/mol. The molecule has 3 nitrogen and oxygen atoms in total. The molecule has 0 bridgehead atoms. The fourth-order valence-electron chi connectivity index (χ4n) is 1.59. The second-order valence-corrected chi connectivity index (χ2v) is 4.82. The molecule has 1 heterocycles. The Morgan fingerprint density at radius 1 is 1.29 bits per heavy atom. The number of nitrogens with one attached hydrogen (secondary N) is 1. The Bertz CT molecular complexity index is 473. The summed E-state index contributed by atoms with van der Waals surface area (Å²) < 4.78 is 1.10. The lowest BCUT2D eigenvalue weighted by molar-refractivity contribution is 0.572. The highest BCUT2D eigenvalue weighted by Gasteiger charge is 2.04. The summed E-state index contributed by atoms with van der Waals surface area (Å²) in [6, 6.07) is 8.61. The van der Waals surface area contributed by atoms with Crippen LogP contribution in [0.5, 0.6) is 0 Å². The van der Waals surface area contributed by atoms with E-state index >= 15 is 0 Å². The van der Waals surface area contributed by atoms with Gasteiger partial charge in [0, 0.05) is 35.0 Å². The molecular formula is C13H14BrN3. The highest BCUT2D eigenvalue weighted by Crippen LogP contribution is 2.18. The van der Waals surface area contributed by atoms with Crippen LogP contribution in [0, 0.1) is 0 Å². The van der Waals surface area contributed by atoms with Gasteiger partial charge in [0.2, 0.25) is 0 Å². The highest BCUT2D eigenvalue weighted by atomic mass is 79.9. The van der Waals surface area contributed by atoms with E-state index in [1.54, 1.807) is 6.33 Å². The van der Waals surface area contributed by atoms with Gasteiger partial charge in [-0.15, -0.1) is 0 Å². The lowest BCUT2D eigenvalue weighted by atomic mass is 10.1. The molecule has 2 aromatic rings. The molecule has 1 aromatic heterocycles. The van der Waals surface area contributed by atoms with Crippen molar-refractivity contribution in [1.29, 1.82) is 0 Å². The van der Waals surface area contributed by atoms with E-state index < -0.39 is 0 Å². The molecule has 0 saturated heterocycles. The number of halogens is 1.